The lowest BCUT2D eigenvalue weighted by Crippen LogP contribution is -2.49. The summed E-state index contributed by atoms with van der Waals surface area (Å²) in [6.07, 6.45) is 1.39. The van der Waals surface area contributed by atoms with Crippen LogP contribution < -0.4 is 10.1 Å². The van der Waals surface area contributed by atoms with Crippen molar-refractivity contribution in [1.29, 1.82) is 0 Å². The Labute approximate surface area is 188 Å². The second-order valence-corrected chi connectivity index (χ2v) is 8.60. The Morgan fingerprint density at radius 1 is 1.29 bits per heavy atom. The number of nitrogens with zero attached hydrogens (tertiary/aromatic N) is 3. The highest BCUT2D eigenvalue weighted by molar-refractivity contribution is 7.71. The normalized spacial score (nSPS) is 15.7. The molecular formula is C22H33N5O3S. The number of carbonyl (C=O) groups is 1. The summed E-state index contributed by atoms with van der Waals surface area (Å²) in [4.78, 5) is 15.0. The summed E-state index contributed by atoms with van der Waals surface area (Å²) in [5, 5.41) is 10.3. The highest BCUT2D eigenvalue weighted by Gasteiger charge is 2.22. The van der Waals surface area contributed by atoms with Gasteiger partial charge in [0.1, 0.15) is 5.75 Å². The number of nitrogens with one attached hydrogen (secondary N) is 2. The highest BCUT2D eigenvalue weighted by Crippen LogP contribution is 2.21. The van der Waals surface area contributed by atoms with E-state index in [4.69, 9.17) is 21.7 Å². The number of methoxy groups -OCH3 is 1. The third kappa shape index (κ3) is 6.62. The van der Waals surface area contributed by atoms with Crippen molar-refractivity contribution in [3.05, 3.63) is 29.0 Å². The zero-order valence-electron chi connectivity index (χ0n) is 18.6. The Balaban J connectivity index is 1.57. The van der Waals surface area contributed by atoms with Gasteiger partial charge in [-0.05, 0) is 48.8 Å². The summed E-state index contributed by atoms with van der Waals surface area (Å²) in [5.41, 5.74) is 0.915. The van der Waals surface area contributed by atoms with Crippen molar-refractivity contribution in [2.24, 2.45) is 5.92 Å². The van der Waals surface area contributed by atoms with E-state index in [0.29, 0.717) is 42.1 Å². The number of carbonyl (C=O) groups excluding carboxylic acids is 1. The Morgan fingerprint density at radius 3 is 2.65 bits per heavy atom. The monoisotopic (exact) mass is 447 g/mol. The maximum absolute atomic E-state index is 12.6. The van der Waals surface area contributed by atoms with E-state index in [1.807, 2.05) is 28.8 Å². The number of hydrogen-bond donors (Lipinski definition) is 2. The molecule has 170 valence electrons. The standard InChI is InChI=1S/C22H33N5O3S/c1-16(2)14-18(26-10-12-30-13-11-26)15-23-20(28)8-9-27-21(24-25-22(27)31)17-4-6-19(29-3)7-5-17/h4-7,16,18H,8-15H2,1-3H3,(H,23,28)(H,25,31). The van der Waals surface area contributed by atoms with Crippen molar-refractivity contribution in [2.75, 3.05) is 40.0 Å². The number of H-pyrrole nitrogens is 1. The molecule has 1 aliphatic rings. The Kier molecular flexibility index (Phi) is 8.62. The van der Waals surface area contributed by atoms with E-state index in [2.05, 4.69) is 34.3 Å². The fourth-order valence-electron chi connectivity index (χ4n) is 3.87. The minimum Gasteiger partial charge on any atom is -0.497 e. The molecule has 0 aliphatic carbocycles. The van der Waals surface area contributed by atoms with Crippen molar-refractivity contribution >= 4 is 18.1 Å². The van der Waals surface area contributed by atoms with Crippen LogP contribution >= 0.6 is 12.2 Å². The van der Waals surface area contributed by atoms with E-state index in [-0.39, 0.29) is 5.91 Å². The van der Waals surface area contributed by atoms with E-state index in [9.17, 15) is 4.79 Å². The van der Waals surface area contributed by atoms with Crippen LogP contribution in [-0.4, -0.2) is 71.6 Å². The Bertz CT molecular complexity index is 887. The van der Waals surface area contributed by atoms with Crippen LogP contribution in [0.2, 0.25) is 0 Å². The second kappa shape index (κ2) is 11.4. The number of hydrogen-bond acceptors (Lipinski definition) is 6. The summed E-state index contributed by atoms with van der Waals surface area (Å²) in [6.45, 7) is 8.91. The van der Waals surface area contributed by atoms with Gasteiger partial charge in [-0.1, -0.05) is 13.8 Å². The molecular weight excluding hydrogens is 414 g/mol. The Hall–Kier alpha value is -2.23. The van der Waals surface area contributed by atoms with Gasteiger partial charge in [0.05, 0.1) is 20.3 Å². The van der Waals surface area contributed by atoms with Gasteiger partial charge in [0, 0.05) is 44.2 Å². The molecule has 31 heavy (non-hydrogen) atoms. The van der Waals surface area contributed by atoms with Crippen LogP contribution in [0.15, 0.2) is 24.3 Å². The molecule has 1 saturated heterocycles. The van der Waals surface area contributed by atoms with Crippen LogP contribution in [-0.2, 0) is 16.1 Å². The molecule has 0 radical (unpaired) electrons. The van der Waals surface area contributed by atoms with Gasteiger partial charge in [-0.25, -0.2) is 0 Å². The predicted molar refractivity (Wildman–Crippen MR) is 123 cm³/mol. The van der Waals surface area contributed by atoms with Crippen molar-refractivity contribution in [3.63, 3.8) is 0 Å². The molecule has 1 fully saturated rings. The minimum absolute atomic E-state index is 0.0193. The van der Waals surface area contributed by atoms with E-state index in [1.54, 1.807) is 7.11 Å². The lowest BCUT2D eigenvalue weighted by molar-refractivity contribution is -0.121. The van der Waals surface area contributed by atoms with E-state index < -0.39 is 0 Å². The van der Waals surface area contributed by atoms with Gasteiger partial charge < -0.3 is 14.8 Å². The molecule has 2 heterocycles. The number of aromatic amines is 1. The summed E-state index contributed by atoms with van der Waals surface area (Å²) in [7, 11) is 1.63. The van der Waals surface area contributed by atoms with Gasteiger partial charge in [-0.2, -0.15) is 5.10 Å². The largest absolute Gasteiger partial charge is 0.497 e. The summed E-state index contributed by atoms with van der Waals surface area (Å²) < 4.78 is 13.1. The smallest absolute Gasteiger partial charge is 0.221 e. The molecule has 1 amide bonds. The van der Waals surface area contributed by atoms with E-state index in [1.165, 1.54) is 0 Å². The number of rotatable bonds is 10. The molecule has 0 bridgehead atoms. The second-order valence-electron chi connectivity index (χ2n) is 8.22. The fraction of sp³-hybridized carbons (Fsp3) is 0.591. The molecule has 8 nitrogen and oxygen atoms in total. The molecule has 9 heteroatoms. The first-order valence-electron chi connectivity index (χ1n) is 10.9. The number of ether oxygens (including phenoxy) is 2. The van der Waals surface area contributed by atoms with Crippen LogP contribution in [0.5, 0.6) is 5.75 Å². The summed E-state index contributed by atoms with van der Waals surface area (Å²) >= 11 is 5.38. The number of benzene rings is 1. The molecule has 3 rings (SSSR count). The number of aromatic nitrogens is 3. The summed E-state index contributed by atoms with van der Waals surface area (Å²) in [6, 6.07) is 7.95. The number of amides is 1. The summed E-state index contributed by atoms with van der Waals surface area (Å²) in [5.74, 6) is 2.08. The van der Waals surface area contributed by atoms with Crippen molar-refractivity contribution in [2.45, 2.75) is 39.3 Å². The number of morpholine rings is 1. The molecule has 2 N–H and O–H groups in total. The van der Waals surface area contributed by atoms with Crippen molar-refractivity contribution in [1.82, 2.24) is 25.0 Å². The molecule has 1 unspecified atom stereocenters. The maximum Gasteiger partial charge on any atom is 0.221 e. The quantitative estimate of drug-likeness (QED) is 0.545. The molecule has 1 aromatic heterocycles. The van der Waals surface area contributed by atoms with E-state index in [0.717, 1.165) is 44.0 Å². The van der Waals surface area contributed by atoms with Crippen LogP contribution in [0.3, 0.4) is 0 Å². The van der Waals surface area contributed by atoms with Crippen LogP contribution in [0, 0.1) is 10.7 Å². The van der Waals surface area contributed by atoms with Gasteiger partial charge in [0.15, 0.2) is 10.6 Å². The topological polar surface area (TPSA) is 84.4 Å². The first-order valence-corrected chi connectivity index (χ1v) is 11.3. The van der Waals surface area contributed by atoms with Gasteiger partial charge in [0.25, 0.3) is 0 Å². The Morgan fingerprint density at radius 2 is 2.00 bits per heavy atom. The predicted octanol–water partition coefficient (Wildman–Crippen LogP) is 2.87. The van der Waals surface area contributed by atoms with Gasteiger partial charge in [-0.3, -0.25) is 19.4 Å². The van der Waals surface area contributed by atoms with Crippen molar-refractivity contribution < 1.29 is 14.3 Å². The average Bonchev–Trinajstić information content (AvgIpc) is 3.15. The first kappa shape index (κ1) is 23.4. The zero-order chi connectivity index (χ0) is 22.2. The molecule has 1 aromatic carbocycles. The molecule has 0 saturated carbocycles. The SMILES string of the molecule is COc1ccc(-c2n[nH]c(=S)n2CCC(=O)NCC(CC(C)C)N2CCOCC2)cc1. The van der Waals surface area contributed by atoms with Crippen molar-refractivity contribution in [3.8, 4) is 17.1 Å². The molecule has 1 aliphatic heterocycles. The third-order valence-electron chi connectivity index (χ3n) is 5.51. The van der Waals surface area contributed by atoms with Gasteiger partial charge in [0.2, 0.25) is 5.91 Å². The lowest BCUT2D eigenvalue weighted by atomic mass is 10.0. The van der Waals surface area contributed by atoms with E-state index >= 15 is 0 Å². The zero-order valence-corrected chi connectivity index (χ0v) is 19.4. The lowest BCUT2D eigenvalue weighted by Gasteiger charge is -2.35. The van der Waals surface area contributed by atoms with Gasteiger partial charge in [-0.15, -0.1) is 0 Å². The highest BCUT2D eigenvalue weighted by atomic mass is 32.1. The van der Waals surface area contributed by atoms with Gasteiger partial charge >= 0.3 is 0 Å². The van der Waals surface area contributed by atoms with Crippen LogP contribution in [0.1, 0.15) is 26.7 Å². The molecule has 2 aromatic rings. The fourth-order valence-corrected chi connectivity index (χ4v) is 4.09. The minimum atomic E-state index is 0.0193. The van der Waals surface area contributed by atoms with Crippen LogP contribution in [0.25, 0.3) is 11.4 Å². The van der Waals surface area contributed by atoms with Crippen LogP contribution in [0.4, 0.5) is 0 Å². The third-order valence-corrected chi connectivity index (χ3v) is 5.82. The molecule has 1 atom stereocenters. The first-order chi connectivity index (χ1) is 15.0. The average molecular weight is 448 g/mol. The maximum atomic E-state index is 12.6. The molecule has 0 spiro atoms.